The molecule has 7 heteroatoms. The van der Waals surface area contributed by atoms with Gasteiger partial charge in [0.1, 0.15) is 5.54 Å². The first-order valence-electron chi connectivity index (χ1n) is 8.17. The third-order valence-electron chi connectivity index (χ3n) is 4.93. The minimum atomic E-state index is -3.93. The maximum atomic E-state index is 12.5. The summed E-state index contributed by atoms with van der Waals surface area (Å²) < 4.78 is 26.9. The molecule has 1 aliphatic carbocycles. The summed E-state index contributed by atoms with van der Waals surface area (Å²) >= 11 is 0. The Balaban J connectivity index is 1.71. The molecule has 1 heterocycles. The molecule has 2 fully saturated rings. The highest BCUT2D eigenvalue weighted by molar-refractivity contribution is 7.90. The number of rotatable bonds is 5. The van der Waals surface area contributed by atoms with Crippen molar-refractivity contribution < 1.29 is 18.0 Å². The first-order valence-corrected chi connectivity index (χ1v) is 9.65. The Hall–Kier alpha value is -1.89. The lowest BCUT2D eigenvalue weighted by molar-refractivity contribution is -0.156. The standard InChI is InChI=1S/C17H22N2O4S/c1-12-3-7-14(8-4-12)24(22,23)18-16(21)17(2)9-10-19(17)15(20)11-13-5-6-13/h3-4,7-8,13H,5-6,9-11H2,1-2H3,(H,18,21). The summed E-state index contributed by atoms with van der Waals surface area (Å²) in [6, 6.07) is 6.28. The van der Waals surface area contributed by atoms with Crippen molar-refractivity contribution in [3.63, 3.8) is 0 Å². The number of aryl methyl sites for hydroxylation is 1. The normalized spacial score (nSPS) is 23.5. The van der Waals surface area contributed by atoms with Crippen LogP contribution in [0.2, 0.25) is 0 Å². The highest BCUT2D eigenvalue weighted by Crippen LogP contribution is 2.37. The Morgan fingerprint density at radius 3 is 2.38 bits per heavy atom. The number of nitrogens with one attached hydrogen (secondary N) is 1. The van der Waals surface area contributed by atoms with Crippen LogP contribution in [-0.4, -0.2) is 37.2 Å². The van der Waals surface area contributed by atoms with Gasteiger partial charge in [-0.2, -0.15) is 0 Å². The maximum absolute atomic E-state index is 12.5. The van der Waals surface area contributed by atoms with Crippen molar-refractivity contribution in [1.29, 1.82) is 0 Å². The molecule has 0 aromatic heterocycles. The molecule has 130 valence electrons. The molecule has 24 heavy (non-hydrogen) atoms. The lowest BCUT2D eigenvalue weighted by Crippen LogP contribution is -2.67. The fraction of sp³-hybridized carbons (Fsp3) is 0.529. The van der Waals surface area contributed by atoms with Gasteiger partial charge in [0.15, 0.2) is 0 Å². The van der Waals surface area contributed by atoms with Gasteiger partial charge in [-0.05, 0) is 51.2 Å². The first kappa shape index (κ1) is 17.0. The lowest BCUT2D eigenvalue weighted by atomic mass is 9.85. The summed E-state index contributed by atoms with van der Waals surface area (Å²) in [5.41, 5.74) is -0.146. The Bertz CT molecular complexity index is 768. The van der Waals surface area contributed by atoms with Crippen LogP contribution in [0.3, 0.4) is 0 Å². The molecule has 1 saturated carbocycles. The number of carbonyl (C=O) groups excluding carboxylic acids is 2. The van der Waals surface area contributed by atoms with E-state index in [1.54, 1.807) is 19.1 Å². The van der Waals surface area contributed by atoms with Gasteiger partial charge in [0, 0.05) is 13.0 Å². The van der Waals surface area contributed by atoms with Gasteiger partial charge in [0.25, 0.3) is 15.9 Å². The number of hydrogen-bond acceptors (Lipinski definition) is 4. The van der Waals surface area contributed by atoms with Gasteiger partial charge in [0.2, 0.25) is 5.91 Å². The van der Waals surface area contributed by atoms with E-state index in [-0.39, 0.29) is 10.8 Å². The fourth-order valence-corrected chi connectivity index (χ4v) is 3.96. The number of benzene rings is 1. The third kappa shape index (κ3) is 3.17. The molecule has 1 atom stereocenters. The van der Waals surface area contributed by atoms with E-state index in [9.17, 15) is 18.0 Å². The van der Waals surface area contributed by atoms with E-state index in [0.29, 0.717) is 25.3 Å². The van der Waals surface area contributed by atoms with Crippen LogP contribution in [0, 0.1) is 12.8 Å². The molecule has 1 aliphatic heterocycles. The number of hydrogen-bond donors (Lipinski definition) is 1. The maximum Gasteiger partial charge on any atom is 0.264 e. The van der Waals surface area contributed by atoms with E-state index in [1.807, 2.05) is 6.92 Å². The van der Waals surface area contributed by atoms with E-state index >= 15 is 0 Å². The van der Waals surface area contributed by atoms with Gasteiger partial charge in [-0.25, -0.2) is 13.1 Å². The molecule has 1 unspecified atom stereocenters. The van der Waals surface area contributed by atoms with E-state index in [1.165, 1.54) is 17.0 Å². The van der Waals surface area contributed by atoms with Crippen molar-refractivity contribution in [1.82, 2.24) is 9.62 Å². The molecule has 0 radical (unpaired) electrons. The van der Waals surface area contributed by atoms with Gasteiger partial charge >= 0.3 is 0 Å². The van der Waals surface area contributed by atoms with Gasteiger partial charge in [-0.3, -0.25) is 9.59 Å². The lowest BCUT2D eigenvalue weighted by Gasteiger charge is -2.49. The zero-order valence-electron chi connectivity index (χ0n) is 13.9. The zero-order chi connectivity index (χ0) is 17.5. The van der Waals surface area contributed by atoms with Crippen LogP contribution < -0.4 is 4.72 Å². The SMILES string of the molecule is Cc1ccc(S(=O)(=O)NC(=O)C2(C)CCN2C(=O)CC2CC2)cc1. The predicted molar refractivity (Wildman–Crippen MR) is 88.6 cm³/mol. The van der Waals surface area contributed by atoms with Crippen LogP contribution >= 0.6 is 0 Å². The Morgan fingerprint density at radius 1 is 1.25 bits per heavy atom. The predicted octanol–water partition coefficient (Wildman–Crippen LogP) is 1.59. The molecule has 1 aromatic carbocycles. The number of sulfonamides is 1. The monoisotopic (exact) mass is 350 g/mol. The topological polar surface area (TPSA) is 83.6 Å². The number of amides is 2. The Labute approximate surface area is 142 Å². The molecule has 2 amide bonds. The van der Waals surface area contributed by atoms with E-state index in [4.69, 9.17) is 0 Å². The second-order valence-corrected chi connectivity index (χ2v) is 8.65. The molecule has 1 N–H and O–H groups in total. The van der Waals surface area contributed by atoms with Gasteiger partial charge in [0.05, 0.1) is 4.90 Å². The minimum absolute atomic E-state index is 0.0419. The smallest absolute Gasteiger partial charge is 0.264 e. The van der Waals surface area contributed by atoms with E-state index in [2.05, 4.69) is 4.72 Å². The molecule has 1 aromatic rings. The third-order valence-corrected chi connectivity index (χ3v) is 6.27. The molecular formula is C17H22N2O4S. The van der Waals surface area contributed by atoms with Gasteiger partial charge in [-0.15, -0.1) is 0 Å². The summed E-state index contributed by atoms with van der Waals surface area (Å²) in [6.07, 6.45) is 3.04. The van der Waals surface area contributed by atoms with E-state index in [0.717, 1.165) is 18.4 Å². The van der Waals surface area contributed by atoms with Crippen LogP contribution in [0.25, 0.3) is 0 Å². The van der Waals surface area contributed by atoms with Crippen molar-refractivity contribution >= 4 is 21.8 Å². The van der Waals surface area contributed by atoms with Gasteiger partial charge < -0.3 is 4.90 Å². The Morgan fingerprint density at radius 2 is 1.88 bits per heavy atom. The molecular weight excluding hydrogens is 328 g/mol. The average Bonchev–Trinajstić information content (AvgIpc) is 3.29. The fourth-order valence-electron chi connectivity index (χ4n) is 2.88. The van der Waals surface area contributed by atoms with Crippen LogP contribution in [-0.2, 0) is 19.6 Å². The Kier molecular flexibility index (Phi) is 4.15. The molecule has 2 aliphatic rings. The van der Waals surface area contributed by atoms with Crippen LogP contribution in [0.4, 0.5) is 0 Å². The quantitative estimate of drug-likeness (QED) is 0.874. The summed E-state index contributed by atoms with van der Waals surface area (Å²) in [5.74, 6) is -0.269. The second kappa shape index (κ2) is 5.88. The highest BCUT2D eigenvalue weighted by Gasteiger charge is 2.50. The molecule has 0 bridgehead atoms. The first-order chi connectivity index (χ1) is 11.2. The molecule has 1 saturated heterocycles. The van der Waals surface area contributed by atoms with Crippen LogP contribution in [0.15, 0.2) is 29.2 Å². The average molecular weight is 350 g/mol. The van der Waals surface area contributed by atoms with Crippen molar-refractivity contribution in [2.24, 2.45) is 5.92 Å². The summed E-state index contributed by atoms with van der Waals surface area (Å²) in [5, 5.41) is 0. The molecule has 3 rings (SSSR count). The zero-order valence-corrected chi connectivity index (χ0v) is 14.7. The number of nitrogens with zero attached hydrogens (tertiary/aromatic N) is 1. The van der Waals surface area contributed by atoms with Crippen molar-refractivity contribution in [2.45, 2.75) is 50.0 Å². The largest absolute Gasteiger partial charge is 0.328 e. The highest BCUT2D eigenvalue weighted by atomic mass is 32.2. The number of carbonyl (C=O) groups is 2. The minimum Gasteiger partial charge on any atom is -0.328 e. The summed E-state index contributed by atoms with van der Waals surface area (Å²) in [4.78, 5) is 26.3. The molecule has 0 spiro atoms. The number of likely N-dealkylation sites (tertiary alicyclic amines) is 1. The van der Waals surface area contributed by atoms with Crippen molar-refractivity contribution in [3.8, 4) is 0 Å². The van der Waals surface area contributed by atoms with Crippen molar-refractivity contribution in [2.75, 3.05) is 6.54 Å². The van der Waals surface area contributed by atoms with Crippen molar-refractivity contribution in [3.05, 3.63) is 29.8 Å². The van der Waals surface area contributed by atoms with Crippen LogP contribution in [0.1, 0.15) is 38.2 Å². The molecule has 6 nitrogen and oxygen atoms in total. The summed E-state index contributed by atoms with van der Waals surface area (Å²) in [7, 11) is -3.93. The van der Waals surface area contributed by atoms with Gasteiger partial charge in [-0.1, -0.05) is 17.7 Å². The summed E-state index contributed by atoms with van der Waals surface area (Å²) in [6.45, 7) is 3.98. The van der Waals surface area contributed by atoms with E-state index < -0.39 is 21.5 Å². The van der Waals surface area contributed by atoms with Crippen LogP contribution in [0.5, 0.6) is 0 Å². The second-order valence-electron chi connectivity index (χ2n) is 6.96.